The first kappa shape index (κ1) is 23.8. The van der Waals surface area contributed by atoms with E-state index in [4.69, 9.17) is 22.1 Å². The van der Waals surface area contributed by atoms with Crippen molar-refractivity contribution in [3.8, 4) is 22.7 Å². The number of benzene rings is 2. The third-order valence-corrected chi connectivity index (χ3v) is 7.64. The predicted octanol–water partition coefficient (Wildman–Crippen LogP) is 6.86. The summed E-state index contributed by atoms with van der Waals surface area (Å²) in [6.07, 6.45) is 9.66. The van der Waals surface area contributed by atoms with Crippen molar-refractivity contribution in [1.82, 2.24) is 14.7 Å². The van der Waals surface area contributed by atoms with E-state index in [1.165, 1.54) is 18.2 Å². The van der Waals surface area contributed by atoms with Crippen LogP contribution in [0.3, 0.4) is 0 Å². The molecule has 0 unspecified atom stereocenters. The van der Waals surface area contributed by atoms with Gasteiger partial charge in [-0.05, 0) is 69.2 Å². The van der Waals surface area contributed by atoms with Gasteiger partial charge in [0.1, 0.15) is 10.1 Å². The number of thiocarbonyl (C=S) groups is 1. The molecule has 2 aliphatic rings. The highest BCUT2D eigenvalue weighted by Crippen LogP contribution is 2.38. The maximum absolute atomic E-state index is 13.4. The zero-order valence-electron chi connectivity index (χ0n) is 20.0. The summed E-state index contributed by atoms with van der Waals surface area (Å²) >= 11 is 7.04. The van der Waals surface area contributed by atoms with E-state index in [2.05, 4.69) is 0 Å². The number of thioether (sulfide) groups is 1. The fourth-order valence-corrected chi connectivity index (χ4v) is 6.06. The van der Waals surface area contributed by atoms with E-state index in [1.807, 2.05) is 90.3 Å². The molecule has 7 heteroatoms. The average molecular weight is 504 g/mol. The lowest BCUT2D eigenvalue weighted by Gasteiger charge is -2.29. The lowest BCUT2D eigenvalue weighted by Crippen LogP contribution is -2.39. The zero-order valence-corrected chi connectivity index (χ0v) is 21.6. The molecule has 0 radical (unpaired) electrons. The van der Waals surface area contributed by atoms with Crippen LogP contribution in [0.4, 0.5) is 0 Å². The Bertz CT molecular complexity index is 1240. The summed E-state index contributed by atoms with van der Waals surface area (Å²) in [5.74, 6) is 0.840. The van der Waals surface area contributed by atoms with E-state index in [0.717, 1.165) is 53.9 Å². The number of hydrogen-bond donors (Lipinski definition) is 0. The Labute approximate surface area is 216 Å². The topological polar surface area (TPSA) is 47.4 Å². The number of carbonyl (C=O) groups is 1. The van der Waals surface area contributed by atoms with Crippen molar-refractivity contribution in [2.75, 3.05) is 0 Å². The molecule has 3 aromatic rings. The molecule has 2 heterocycles. The van der Waals surface area contributed by atoms with E-state index in [1.54, 1.807) is 0 Å². The van der Waals surface area contributed by atoms with Crippen molar-refractivity contribution in [1.29, 1.82) is 0 Å². The summed E-state index contributed by atoms with van der Waals surface area (Å²) in [5.41, 5.74) is 3.62. The number of carbonyl (C=O) groups excluding carboxylic acids is 1. The van der Waals surface area contributed by atoms with Gasteiger partial charge in [0.2, 0.25) is 0 Å². The van der Waals surface area contributed by atoms with Crippen LogP contribution in [-0.2, 0) is 4.79 Å². The van der Waals surface area contributed by atoms with E-state index < -0.39 is 0 Å². The van der Waals surface area contributed by atoms with Gasteiger partial charge in [0, 0.05) is 23.4 Å². The van der Waals surface area contributed by atoms with Crippen molar-refractivity contribution in [2.45, 2.75) is 58.1 Å². The number of ether oxygens (including phenoxy) is 1. The highest BCUT2D eigenvalue weighted by atomic mass is 32.2. The molecule has 0 bridgehead atoms. The Hall–Kier alpha value is -2.90. The van der Waals surface area contributed by atoms with Crippen LogP contribution in [0.5, 0.6) is 5.75 Å². The zero-order chi connectivity index (χ0) is 24.4. The minimum absolute atomic E-state index is 0.0194. The molecule has 0 N–H and O–H groups in total. The smallest absolute Gasteiger partial charge is 0.266 e. The van der Waals surface area contributed by atoms with Crippen molar-refractivity contribution in [3.63, 3.8) is 0 Å². The lowest BCUT2D eigenvalue weighted by molar-refractivity contribution is -0.124. The number of aromatic nitrogens is 2. The number of para-hydroxylation sites is 1. The molecule has 0 spiro atoms. The minimum Gasteiger partial charge on any atom is -0.491 e. The molecule has 0 atom stereocenters. The Kier molecular flexibility index (Phi) is 7.07. The maximum Gasteiger partial charge on any atom is 0.266 e. The van der Waals surface area contributed by atoms with Gasteiger partial charge in [0.25, 0.3) is 5.91 Å². The van der Waals surface area contributed by atoms with Crippen molar-refractivity contribution in [3.05, 3.63) is 71.3 Å². The normalized spacial score (nSPS) is 18.1. The molecule has 1 saturated heterocycles. The van der Waals surface area contributed by atoms with Gasteiger partial charge in [-0.1, -0.05) is 61.4 Å². The van der Waals surface area contributed by atoms with Crippen LogP contribution in [0.15, 0.2) is 65.7 Å². The third-order valence-electron chi connectivity index (χ3n) is 6.31. The molecule has 180 valence electrons. The molecule has 1 saturated carbocycles. The third kappa shape index (κ3) is 5.21. The highest BCUT2D eigenvalue weighted by Gasteiger charge is 2.37. The van der Waals surface area contributed by atoms with Gasteiger partial charge in [-0.3, -0.25) is 9.69 Å². The minimum atomic E-state index is 0.0194. The average Bonchev–Trinajstić information content (AvgIpc) is 3.41. The molecular weight excluding hydrogens is 474 g/mol. The largest absolute Gasteiger partial charge is 0.491 e. The molecule has 1 amide bonds. The monoisotopic (exact) mass is 503 g/mol. The van der Waals surface area contributed by atoms with Gasteiger partial charge in [0.05, 0.1) is 22.4 Å². The SMILES string of the molecule is CC(C)Oc1ccc(-c2nn(-c3ccccc3)cc2C=C2SC(=S)N(C3CCCCC3)C2=O)cc1. The number of rotatable bonds is 6. The van der Waals surface area contributed by atoms with Crippen LogP contribution in [0.25, 0.3) is 23.0 Å². The van der Waals surface area contributed by atoms with E-state index >= 15 is 0 Å². The van der Waals surface area contributed by atoms with Crippen LogP contribution < -0.4 is 4.74 Å². The van der Waals surface area contributed by atoms with Crippen LogP contribution in [-0.4, -0.2) is 37.1 Å². The van der Waals surface area contributed by atoms with Gasteiger partial charge >= 0.3 is 0 Å². The predicted molar refractivity (Wildman–Crippen MR) is 147 cm³/mol. The number of amides is 1. The highest BCUT2D eigenvalue weighted by molar-refractivity contribution is 8.26. The summed E-state index contributed by atoms with van der Waals surface area (Å²) in [6, 6.07) is 18.2. The van der Waals surface area contributed by atoms with Crippen molar-refractivity contribution < 1.29 is 9.53 Å². The lowest BCUT2D eigenvalue weighted by atomic mass is 9.94. The first-order valence-electron chi connectivity index (χ1n) is 12.2. The molecule has 35 heavy (non-hydrogen) atoms. The number of hydrogen-bond acceptors (Lipinski definition) is 5. The summed E-state index contributed by atoms with van der Waals surface area (Å²) in [7, 11) is 0. The fourth-order valence-electron chi connectivity index (χ4n) is 4.67. The summed E-state index contributed by atoms with van der Waals surface area (Å²) < 4.78 is 8.34. The molecule has 5 rings (SSSR count). The van der Waals surface area contributed by atoms with Gasteiger partial charge in [-0.15, -0.1) is 0 Å². The Morgan fingerprint density at radius 2 is 1.77 bits per heavy atom. The first-order valence-corrected chi connectivity index (χ1v) is 13.4. The van der Waals surface area contributed by atoms with Gasteiger partial charge in [-0.2, -0.15) is 5.10 Å². The van der Waals surface area contributed by atoms with E-state index in [0.29, 0.717) is 9.23 Å². The second kappa shape index (κ2) is 10.4. The molecule has 1 aliphatic carbocycles. The summed E-state index contributed by atoms with van der Waals surface area (Å²) in [6.45, 7) is 4.02. The Morgan fingerprint density at radius 3 is 2.46 bits per heavy atom. The Morgan fingerprint density at radius 1 is 1.06 bits per heavy atom. The second-order valence-corrected chi connectivity index (χ2v) is 10.9. The molecule has 2 fully saturated rings. The van der Waals surface area contributed by atoms with Crippen molar-refractivity contribution >= 4 is 40.3 Å². The summed E-state index contributed by atoms with van der Waals surface area (Å²) in [4.78, 5) is 15.9. The molecule has 1 aromatic heterocycles. The molecule has 5 nitrogen and oxygen atoms in total. The standard InChI is InChI=1S/C28H29N3O2S2/c1-19(2)33-24-15-13-20(14-16-24)26-21(18-30(29-26)22-9-5-3-6-10-22)17-25-27(32)31(28(34)35-25)23-11-7-4-8-12-23/h3,5-6,9-10,13-19,23H,4,7-8,11-12H2,1-2H3. The summed E-state index contributed by atoms with van der Waals surface area (Å²) in [5, 5.41) is 4.90. The van der Waals surface area contributed by atoms with Crippen LogP contribution >= 0.6 is 24.0 Å². The fraction of sp³-hybridized carbons (Fsp3) is 0.321. The quantitative estimate of drug-likeness (QED) is 0.272. The van der Waals surface area contributed by atoms with Crippen LogP contribution in [0.2, 0.25) is 0 Å². The second-order valence-electron chi connectivity index (χ2n) is 9.25. The van der Waals surface area contributed by atoms with Gasteiger partial charge < -0.3 is 4.74 Å². The van der Waals surface area contributed by atoms with Gasteiger partial charge in [0.15, 0.2) is 0 Å². The Balaban J connectivity index is 1.51. The molecular formula is C28H29N3O2S2. The first-order chi connectivity index (χ1) is 17.0. The van der Waals surface area contributed by atoms with Gasteiger partial charge in [-0.25, -0.2) is 4.68 Å². The van der Waals surface area contributed by atoms with Crippen molar-refractivity contribution in [2.24, 2.45) is 0 Å². The number of nitrogens with zero attached hydrogens (tertiary/aromatic N) is 3. The van der Waals surface area contributed by atoms with Crippen LogP contribution in [0, 0.1) is 0 Å². The van der Waals surface area contributed by atoms with E-state index in [9.17, 15) is 4.79 Å². The maximum atomic E-state index is 13.4. The molecule has 2 aromatic carbocycles. The molecule has 1 aliphatic heterocycles. The van der Waals surface area contributed by atoms with E-state index in [-0.39, 0.29) is 18.1 Å². The van der Waals surface area contributed by atoms with Crippen LogP contribution in [0.1, 0.15) is 51.5 Å².